The van der Waals surface area contributed by atoms with Gasteiger partial charge >= 0.3 is 18.3 Å². The molecule has 6 nitrogen and oxygen atoms in total. The molecule has 0 spiro atoms. The molecule has 0 aliphatic carbocycles. The van der Waals surface area contributed by atoms with E-state index < -0.39 is 18.3 Å². The van der Waals surface area contributed by atoms with Crippen LogP contribution < -0.4 is 0 Å². The first-order valence-corrected chi connectivity index (χ1v) is 10.3. The molecule has 0 saturated carbocycles. The molecule has 0 aliphatic rings. The summed E-state index contributed by atoms with van der Waals surface area (Å²) in [5.41, 5.74) is 0. The Balaban J connectivity index is 0. The zero-order valence-electron chi connectivity index (χ0n) is 9.40. The number of hydrogen-bond acceptors (Lipinski definition) is 6. The molecule has 0 saturated heterocycles. The van der Waals surface area contributed by atoms with Crippen molar-refractivity contribution < 1.29 is 25.9 Å². The Morgan fingerprint density at radius 1 is 0.706 bits per heavy atom. The van der Waals surface area contributed by atoms with Gasteiger partial charge in [-0.25, -0.2) is 0 Å². The second-order valence-electron chi connectivity index (χ2n) is 2.91. The fourth-order valence-corrected chi connectivity index (χ4v) is 3.92. The van der Waals surface area contributed by atoms with Crippen LogP contribution in [-0.4, -0.2) is 67.0 Å². The summed E-state index contributed by atoms with van der Waals surface area (Å²) < 4.78 is 58.0. The molecule has 0 fully saturated rings. The second-order valence-corrected chi connectivity index (χ2v) is 9.85. The molecule has 0 aromatic carbocycles. The van der Waals surface area contributed by atoms with E-state index in [2.05, 4.69) is 0 Å². The molecule has 0 unspecified atom stereocenters. The van der Waals surface area contributed by atoms with Crippen molar-refractivity contribution in [2.24, 2.45) is 0 Å². The quantitative estimate of drug-likeness (QED) is 0.281. The molecule has 0 aromatic heterocycles. The Labute approximate surface area is 131 Å². The van der Waals surface area contributed by atoms with E-state index >= 15 is 0 Å². The monoisotopic (exact) mass is 333 g/mol. The van der Waals surface area contributed by atoms with E-state index in [0.29, 0.717) is 45.9 Å². The Morgan fingerprint density at radius 2 is 1.00 bits per heavy atom. The molecule has 0 heterocycles. The van der Waals surface area contributed by atoms with Crippen molar-refractivity contribution >= 4 is 69.4 Å². The summed E-state index contributed by atoms with van der Waals surface area (Å²) in [6, 6.07) is 0. The molecule has 0 aromatic rings. The fraction of sp³-hybridized carbons (Fsp3) is 1.00. The molecule has 0 rings (SSSR count). The number of hydrogen-bond donors (Lipinski definition) is 2. The van der Waals surface area contributed by atoms with Gasteiger partial charge in [0.05, 0.1) is 0 Å². The SMILES string of the molecule is O=S(=O)(O)SCCCCCCSS(=O)(=O)O.[Na]. The van der Waals surface area contributed by atoms with E-state index in [1.54, 1.807) is 0 Å². The van der Waals surface area contributed by atoms with Crippen LogP contribution in [0.15, 0.2) is 0 Å². The molecule has 0 bridgehead atoms. The molecule has 2 N–H and O–H groups in total. The van der Waals surface area contributed by atoms with Gasteiger partial charge in [0.15, 0.2) is 0 Å². The van der Waals surface area contributed by atoms with Gasteiger partial charge in [-0.05, 0) is 34.4 Å². The maximum absolute atomic E-state index is 10.3. The Bertz CT molecular complexity index is 339. The van der Waals surface area contributed by atoms with Crippen molar-refractivity contribution in [1.29, 1.82) is 0 Å². The van der Waals surface area contributed by atoms with Crippen LogP contribution in [0.2, 0.25) is 0 Å². The van der Waals surface area contributed by atoms with Crippen LogP contribution in [0.4, 0.5) is 0 Å². The first-order chi connectivity index (χ1) is 7.21. The van der Waals surface area contributed by atoms with E-state index in [0.717, 1.165) is 12.8 Å². The first-order valence-electron chi connectivity index (χ1n) is 4.44. The van der Waals surface area contributed by atoms with Crippen LogP contribution in [0, 0.1) is 0 Å². The zero-order chi connectivity index (χ0) is 12.7. The maximum atomic E-state index is 10.3. The first kappa shape index (κ1) is 20.8. The van der Waals surface area contributed by atoms with E-state index in [1.165, 1.54) is 0 Å². The van der Waals surface area contributed by atoms with Gasteiger partial charge < -0.3 is 0 Å². The number of rotatable bonds is 9. The summed E-state index contributed by atoms with van der Waals surface area (Å²) in [7, 11) is -6.90. The molecule has 17 heavy (non-hydrogen) atoms. The minimum atomic E-state index is -3.94. The van der Waals surface area contributed by atoms with Crippen molar-refractivity contribution in [3.8, 4) is 0 Å². The van der Waals surface area contributed by atoms with E-state index in [4.69, 9.17) is 9.11 Å². The molecule has 1 radical (unpaired) electrons. The standard InChI is InChI=1S/C6H14O6S4.Na/c7-15(8,9)13-5-3-1-2-4-6-14-16(10,11)12;/h1-6H2,(H,7,8,9)(H,10,11,12);. The predicted molar refractivity (Wildman–Crippen MR) is 72.2 cm³/mol. The van der Waals surface area contributed by atoms with Crippen LogP contribution in [0.25, 0.3) is 0 Å². The Kier molecular flexibility index (Phi) is 12.7. The predicted octanol–water partition coefficient (Wildman–Crippen LogP) is 1.24. The minimum Gasteiger partial charge on any atom is -0.277 e. The molecular weight excluding hydrogens is 319 g/mol. The van der Waals surface area contributed by atoms with Gasteiger partial charge in [-0.2, -0.15) is 16.8 Å². The topological polar surface area (TPSA) is 109 Å². The summed E-state index contributed by atoms with van der Waals surface area (Å²) in [6.07, 6.45) is 2.80. The van der Waals surface area contributed by atoms with E-state index in [1.807, 2.05) is 0 Å². The van der Waals surface area contributed by atoms with Gasteiger partial charge in [-0.3, -0.25) is 9.11 Å². The third-order valence-electron chi connectivity index (χ3n) is 1.50. The summed E-state index contributed by atoms with van der Waals surface area (Å²) in [6.45, 7) is 0. The summed E-state index contributed by atoms with van der Waals surface area (Å²) >= 11 is 0. The fourth-order valence-electron chi connectivity index (χ4n) is 0.886. The Hall–Kier alpha value is 1.52. The van der Waals surface area contributed by atoms with Crippen molar-refractivity contribution in [2.45, 2.75) is 25.7 Å². The molecule has 0 amide bonds. The summed E-state index contributed by atoms with van der Waals surface area (Å²) in [5, 5.41) is 0. The molecule has 0 aliphatic heterocycles. The van der Waals surface area contributed by atoms with Crippen molar-refractivity contribution in [3.05, 3.63) is 0 Å². The third kappa shape index (κ3) is 20.0. The maximum Gasteiger partial charge on any atom is 0.319 e. The molecule has 11 heteroatoms. The van der Waals surface area contributed by atoms with Crippen LogP contribution in [0.3, 0.4) is 0 Å². The van der Waals surface area contributed by atoms with E-state index in [9.17, 15) is 16.8 Å². The van der Waals surface area contributed by atoms with Gasteiger partial charge in [0.2, 0.25) is 0 Å². The van der Waals surface area contributed by atoms with Gasteiger partial charge in [0.25, 0.3) is 0 Å². The average Bonchev–Trinajstić information content (AvgIpc) is 2.06. The van der Waals surface area contributed by atoms with Crippen molar-refractivity contribution in [1.82, 2.24) is 0 Å². The Morgan fingerprint density at radius 3 is 1.24 bits per heavy atom. The summed E-state index contributed by atoms with van der Waals surface area (Å²) in [4.78, 5) is 0. The van der Waals surface area contributed by atoms with Crippen LogP contribution >= 0.6 is 21.6 Å². The smallest absolute Gasteiger partial charge is 0.277 e. The van der Waals surface area contributed by atoms with Gasteiger partial charge in [0, 0.05) is 41.1 Å². The zero-order valence-corrected chi connectivity index (χ0v) is 14.7. The normalized spacial score (nSPS) is 12.1. The molecule has 0 atom stereocenters. The van der Waals surface area contributed by atoms with E-state index in [-0.39, 0.29) is 29.6 Å². The molecular formula is C6H14NaO6S4. The minimum absolute atomic E-state index is 0. The van der Waals surface area contributed by atoms with Crippen molar-refractivity contribution in [3.63, 3.8) is 0 Å². The molecule has 99 valence electrons. The largest absolute Gasteiger partial charge is 0.319 e. The second kappa shape index (κ2) is 10.3. The van der Waals surface area contributed by atoms with Crippen LogP contribution in [0.1, 0.15) is 25.7 Å². The third-order valence-corrected chi connectivity index (χ3v) is 5.80. The van der Waals surface area contributed by atoms with Crippen molar-refractivity contribution in [2.75, 3.05) is 11.5 Å². The van der Waals surface area contributed by atoms with Crippen LogP contribution in [-0.2, 0) is 18.3 Å². The van der Waals surface area contributed by atoms with Crippen LogP contribution in [0.5, 0.6) is 0 Å². The average molecular weight is 333 g/mol. The summed E-state index contributed by atoms with van der Waals surface area (Å²) in [5.74, 6) is 0.647. The number of unbranched alkanes of at least 4 members (excludes halogenated alkanes) is 3. The van der Waals surface area contributed by atoms with Gasteiger partial charge in [-0.15, -0.1) is 0 Å². The van der Waals surface area contributed by atoms with Gasteiger partial charge in [-0.1, -0.05) is 12.8 Å². The van der Waals surface area contributed by atoms with Gasteiger partial charge in [0.1, 0.15) is 0 Å².